The minimum absolute atomic E-state index is 0.458. The minimum Gasteiger partial charge on any atom is -0.294 e. The monoisotopic (exact) mass is 477 g/mol. The van der Waals surface area contributed by atoms with Crippen LogP contribution in [-0.2, 0) is 0 Å². The molecule has 4 nitrogen and oxygen atoms in total. The molecule has 176 valence electrons. The molecule has 1 aromatic heterocycles. The van der Waals surface area contributed by atoms with E-state index >= 15 is 0 Å². The van der Waals surface area contributed by atoms with E-state index in [4.69, 9.17) is 5.41 Å². The van der Waals surface area contributed by atoms with Crippen LogP contribution in [0.5, 0.6) is 0 Å². The Morgan fingerprint density at radius 2 is 1.19 bits per heavy atom. The highest BCUT2D eigenvalue weighted by Crippen LogP contribution is 2.32. The molecule has 1 heterocycles. The van der Waals surface area contributed by atoms with Gasteiger partial charge < -0.3 is 0 Å². The van der Waals surface area contributed by atoms with E-state index < -0.39 is 0 Å². The van der Waals surface area contributed by atoms with Crippen LogP contribution in [0.25, 0.3) is 27.8 Å². The van der Waals surface area contributed by atoms with Gasteiger partial charge in [0.1, 0.15) is 5.71 Å². The van der Waals surface area contributed by atoms with Crippen LogP contribution in [0, 0.1) is 5.41 Å². The summed E-state index contributed by atoms with van der Waals surface area (Å²) in [7, 11) is 0. The number of hydrogen-bond acceptors (Lipinski definition) is 3. The van der Waals surface area contributed by atoms with E-state index in [-0.39, 0.29) is 0 Å². The van der Waals surface area contributed by atoms with Crippen LogP contribution in [0.1, 0.15) is 16.7 Å². The van der Waals surface area contributed by atoms with Crippen molar-refractivity contribution in [1.29, 1.82) is 5.41 Å². The summed E-state index contributed by atoms with van der Waals surface area (Å²) in [6.07, 6.45) is 5.66. The molecule has 37 heavy (non-hydrogen) atoms. The third-order valence-corrected chi connectivity index (χ3v) is 6.57. The second kappa shape index (κ2) is 9.88. The fourth-order valence-electron chi connectivity index (χ4n) is 4.64. The normalized spacial score (nSPS) is 13.7. The van der Waals surface area contributed by atoms with Gasteiger partial charge in [0, 0.05) is 24.0 Å². The van der Waals surface area contributed by atoms with Crippen LogP contribution in [0.3, 0.4) is 0 Å². The number of allylic oxidation sites excluding steroid dienone is 1. The van der Waals surface area contributed by atoms with E-state index in [0.29, 0.717) is 5.71 Å². The molecule has 0 saturated carbocycles. The minimum atomic E-state index is 0.458. The summed E-state index contributed by atoms with van der Waals surface area (Å²) in [5.74, 6) is 0. The van der Waals surface area contributed by atoms with Gasteiger partial charge in [0.15, 0.2) is 0 Å². The van der Waals surface area contributed by atoms with Gasteiger partial charge in [-0.25, -0.2) is 0 Å². The number of fused-ring (bicyclic) bond motifs is 1. The number of nitrogens with one attached hydrogen (secondary N) is 3. The van der Waals surface area contributed by atoms with Crippen LogP contribution in [0.4, 0.5) is 5.69 Å². The van der Waals surface area contributed by atoms with Gasteiger partial charge in [0.2, 0.25) is 0 Å². The smallest absolute Gasteiger partial charge is 0.252 e. The van der Waals surface area contributed by atoms with Crippen molar-refractivity contribution in [2.75, 3.05) is 5.43 Å². The van der Waals surface area contributed by atoms with Crippen LogP contribution in [-0.4, -0.2) is 16.4 Å². The molecule has 0 aliphatic heterocycles. The molecule has 0 spiro atoms. The van der Waals surface area contributed by atoms with Gasteiger partial charge >= 0.3 is 0 Å². The highest BCUT2D eigenvalue weighted by Gasteiger charge is 2.26. The van der Waals surface area contributed by atoms with Crippen molar-refractivity contribution in [2.24, 2.45) is 0 Å². The zero-order chi connectivity index (χ0) is 25.0. The fraction of sp³-hybridized carbons (Fsp3) is 0. The number of rotatable bonds is 5. The van der Waals surface area contributed by atoms with Gasteiger partial charge in [-0.2, -0.15) is 5.43 Å². The highest BCUT2D eigenvalue weighted by molar-refractivity contribution is 6.52. The first-order valence-corrected chi connectivity index (χ1v) is 12.2. The molecule has 0 amide bonds. The number of pyridine rings is 1. The number of hydrogen-bond donors (Lipinski definition) is 3. The maximum atomic E-state index is 8.88. The van der Waals surface area contributed by atoms with E-state index in [9.17, 15) is 0 Å². The highest BCUT2D eigenvalue weighted by atomic mass is 15.3. The maximum absolute atomic E-state index is 8.88. The van der Waals surface area contributed by atoms with Gasteiger partial charge in [-0.15, -0.1) is 5.10 Å². The third kappa shape index (κ3) is 4.60. The standard InChI is InChI=1S/C33H24N4/c34-33-30-12-5-4-11-29(30)31(27-10-6-9-26(21-27)23-7-2-1-3-8-23)22-32(33)37-36-28-15-13-24(14-16-28)25-17-19-35-20-18-25/h1-22,34,36H/p+1. The van der Waals surface area contributed by atoms with Gasteiger partial charge in [0.05, 0.1) is 5.69 Å². The van der Waals surface area contributed by atoms with Gasteiger partial charge in [-0.05, 0) is 69.3 Å². The quantitative estimate of drug-likeness (QED) is 0.281. The Bertz CT molecular complexity index is 1630. The Hall–Kier alpha value is -5.09. The molecular weight excluding hydrogens is 452 g/mol. The lowest BCUT2D eigenvalue weighted by Gasteiger charge is -2.18. The van der Waals surface area contributed by atoms with Crippen molar-refractivity contribution in [2.45, 2.75) is 0 Å². The van der Waals surface area contributed by atoms with Gasteiger partial charge in [0.25, 0.3) is 5.71 Å². The summed E-state index contributed by atoms with van der Waals surface area (Å²) in [6.45, 7) is 0. The molecule has 5 aromatic rings. The van der Waals surface area contributed by atoms with Crippen LogP contribution in [0.2, 0.25) is 0 Å². The summed E-state index contributed by atoms with van der Waals surface area (Å²) >= 11 is 0. The Balaban J connectivity index is 1.34. The topological polar surface area (TPSA) is 62.7 Å². The van der Waals surface area contributed by atoms with Gasteiger partial charge in [-0.3, -0.25) is 10.4 Å². The number of anilines is 1. The average molecular weight is 478 g/mol. The molecule has 3 N–H and O–H groups in total. The van der Waals surface area contributed by atoms with Crippen molar-refractivity contribution >= 4 is 22.7 Å². The molecule has 1 aliphatic rings. The zero-order valence-corrected chi connectivity index (χ0v) is 20.1. The van der Waals surface area contributed by atoms with E-state index in [2.05, 4.69) is 88.3 Å². The lowest BCUT2D eigenvalue weighted by molar-refractivity contribution is -0.416. The second-order valence-corrected chi connectivity index (χ2v) is 8.90. The first-order valence-electron chi connectivity index (χ1n) is 12.2. The molecule has 0 atom stereocenters. The molecule has 4 aromatic carbocycles. The van der Waals surface area contributed by atoms with E-state index in [1.54, 1.807) is 12.4 Å². The predicted molar refractivity (Wildman–Crippen MR) is 151 cm³/mol. The first-order chi connectivity index (χ1) is 18.3. The predicted octanol–water partition coefficient (Wildman–Crippen LogP) is 5.78. The lowest BCUT2D eigenvalue weighted by atomic mass is 9.84. The molecule has 6 rings (SSSR count). The Morgan fingerprint density at radius 3 is 1.97 bits per heavy atom. The summed E-state index contributed by atoms with van der Waals surface area (Å²) in [4.78, 5) is 4.09. The molecule has 0 unspecified atom stereocenters. The van der Waals surface area contributed by atoms with E-state index in [0.717, 1.165) is 44.8 Å². The van der Waals surface area contributed by atoms with E-state index in [1.807, 2.05) is 48.5 Å². The number of nitrogens with zero attached hydrogens (tertiary/aromatic N) is 1. The maximum Gasteiger partial charge on any atom is 0.252 e. The van der Waals surface area contributed by atoms with Crippen molar-refractivity contribution in [3.05, 3.63) is 150 Å². The molecule has 1 aliphatic carbocycles. The summed E-state index contributed by atoms with van der Waals surface area (Å²) in [5, 5.41) is 12.2. The average Bonchev–Trinajstić information content (AvgIpc) is 2.98. The summed E-state index contributed by atoms with van der Waals surface area (Å²) in [6, 6.07) is 39.3. The van der Waals surface area contributed by atoms with E-state index in [1.165, 1.54) is 11.1 Å². The van der Waals surface area contributed by atoms with Crippen LogP contribution >= 0.6 is 0 Å². The first kappa shape index (κ1) is 22.4. The third-order valence-electron chi connectivity index (χ3n) is 6.57. The SMILES string of the molecule is N=C1C(=[NH+]Nc2ccc(-c3ccncc3)cc2)C=C(c2cccc(-c3ccccc3)c2)c2ccccc21. The Labute approximate surface area is 216 Å². The molecule has 0 saturated heterocycles. The van der Waals surface area contributed by atoms with Crippen LogP contribution in [0.15, 0.2) is 134 Å². The molecule has 0 bridgehead atoms. The molecule has 0 fully saturated rings. The molecular formula is C33H25N4+. The van der Waals surface area contributed by atoms with Crippen molar-refractivity contribution < 1.29 is 5.10 Å². The summed E-state index contributed by atoms with van der Waals surface area (Å²) < 4.78 is 0. The number of benzene rings is 4. The number of aromatic nitrogens is 1. The lowest BCUT2D eigenvalue weighted by Crippen LogP contribution is -2.79. The second-order valence-electron chi connectivity index (χ2n) is 8.90. The number of hydrazine groups is 1. The van der Waals surface area contributed by atoms with Crippen molar-refractivity contribution in [3.63, 3.8) is 0 Å². The summed E-state index contributed by atoms with van der Waals surface area (Å²) in [5.41, 5.74) is 14.1. The Kier molecular flexibility index (Phi) is 5.97. The number of hydrazone groups is 1. The Morgan fingerprint density at radius 1 is 0.568 bits per heavy atom. The molecule has 4 heteroatoms. The fourth-order valence-corrected chi connectivity index (χ4v) is 4.64. The largest absolute Gasteiger partial charge is 0.294 e. The van der Waals surface area contributed by atoms with Gasteiger partial charge in [-0.1, -0.05) is 84.9 Å². The van der Waals surface area contributed by atoms with Crippen molar-refractivity contribution in [1.82, 2.24) is 4.98 Å². The zero-order valence-electron chi connectivity index (χ0n) is 20.1. The van der Waals surface area contributed by atoms with Crippen molar-refractivity contribution in [3.8, 4) is 22.3 Å². The van der Waals surface area contributed by atoms with Crippen LogP contribution < -0.4 is 10.5 Å². The molecule has 0 radical (unpaired) electrons.